The minimum absolute atomic E-state index is 0.00887. The van der Waals surface area contributed by atoms with Crippen molar-refractivity contribution < 1.29 is 27.9 Å². The number of halogens is 1. The van der Waals surface area contributed by atoms with Crippen molar-refractivity contribution in [1.82, 2.24) is 9.62 Å². The summed E-state index contributed by atoms with van der Waals surface area (Å²) in [5.41, 5.74) is 2.57. The predicted molar refractivity (Wildman–Crippen MR) is 162 cm³/mol. The standard InChI is InChI=1S/C31H32BrN3O6S/c1-19-6-16-24(17-7-19)42(40,41)35-23-14-10-21(11-15-23)28(35)30(37)34-27(31(38)39)18-20-8-12-22(13-9-20)33-29(36)25-4-2-3-5-26(25)32/h2-9,12-13,16-17,21,23,27-28H,10-11,14-15,18H2,1H3,(H,33,36)(H,34,37)(H,38,39). The molecule has 9 nitrogen and oxygen atoms in total. The van der Waals surface area contributed by atoms with Gasteiger partial charge in [0, 0.05) is 22.6 Å². The number of nitrogens with zero attached hydrogens (tertiary/aromatic N) is 1. The van der Waals surface area contributed by atoms with Gasteiger partial charge in [0.2, 0.25) is 15.9 Å². The van der Waals surface area contributed by atoms with Crippen LogP contribution in [0.25, 0.3) is 0 Å². The molecule has 6 rings (SSSR count). The number of amides is 2. The number of hydrogen-bond acceptors (Lipinski definition) is 5. The summed E-state index contributed by atoms with van der Waals surface area (Å²) >= 11 is 3.36. The predicted octanol–water partition coefficient (Wildman–Crippen LogP) is 4.75. The summed E-state index contributed by atoms with van der Waals surface area (Å²) < 4.78 is 29.4. The summed E-state index contributed by atoms with van der Waals surface area (Å²) in [6.45, 7) is 1.87. The highest BCUT2D eigenvalue weighted by atomic mass is 79.9. The molecule has 0 spiro atoms. The highest BCUT2D eigenvalue weighted by molar-refractivity contribution is 9.10. The zero-order chi connectivity index (χ0) is 30.0. The molecule has 2 bridgehead atoms. The van der Waals surface area contributed by atoms with E-state index in [0.717, 1.165) is 5.56 Å². The van der Waals surface area contributed by atoms with E-state index in [1.807, 2.05) is 13.0 Å². The summed E-state index contributed by atoms with van der Waals surface area (Å²) in [7, 11) is -3.97. The van der Waals surface area contributed by atoms with E-state index in [9.17, 15) is 27.9 Å². The van der Waals surface area contributed by atoms with E-state index in [1.165, 1.54) is 4.31 Å². The average molecular weight is 655 g/mol. The molecule has 1 saturated carbocycles. The molecule has 2 heterocycles. The second-order valence-corrected chi connectivity index (χ2v) is 13.6. The molecule has 2 atom stereocenters. The average Bonchev–Trinajstić information content (AvgIpc) is 2.98. The number of piperidine rings is 2. The van der Waals surface area contributed by atoms with E-state index in [0.29, 0.717) is 47.0 Å². The summed E-state index contributed by atoms with van der Waals surface area (Å²) in [6.07, 6.45) is 2.77. The van der Waals surface area contributed by atoms with Gasteiger partial charge in [0.05, 0.1) is 10.5 Å². The molecule has 3 aromatic carbocycles. The second kappa shape index (κ2) is 12.4. The third-order valence-electron chi connectivity index (χ3n) is 8.07. The molecule has 3 aromatic rings. The zero-order valence-corrected chi connectivity index (χ0v) is 25.4. The molecule has 0 radical (unpaired) electrons. The van der Waals surface area contributed by atoms with Gasteiger partial charge < -0.3 is 15.7 Å². The number of carboxylic acids is 1. The van der Waals surface area contributed by atoms with Crippen LogP contribution < -0.4 is 10.6 Å². The molecule has 42 heavy (non-hydrogen) atoms. The number of carbonyl (C=O) groups is 3. The van der Waals surface area contributed by atoms with Crippen LogP contribution in [0.2, 0.25) is 0 Å². The highest BCUT2D eigenvalue weighted by Gasteiger charge is 2.51. The summed E-state index contributed by atoms with van der Waals surface area (Å²) in [6, 6.07) is 17.8. The lowest BCUT2D eigenvalue weighted by Crippen LogP contribution is -2.63. The Morgan fingerprint density at radius 3 is 2.21 bits per heavy atom. The number of benzene rings is 3. The molecular weight excluding hydrogens is 622 g/mol. The lowest BCUT2D eigenvalue weighted by Gasteiger charge is -2.49. The number of anilines is 1. The van der Waals surface area contributed by atoms with Gasteiger partial charge in [-0.05, 0) is 96.4 Å². The maximum atomic E-state index is 13.7. The Kier molecular flexibility index (Phi) is 8.81. The van der Waals surface area contributed by atoms with E-state index in [4.69, 9.17) is 0 Å². The summed E-state index contributed by atoms with van der Waals surface area (Å²) in [4.78, 5) is 38.6. The van der Waals surface area contributed by atoms with Crippen LogP contribution in [-0.4, -0.2) is 53.7 Å². The molecular formula is C31H32BrN3O6S. The maximum Gasteiger partial charge on any atom is 0.326 e. The summed E-state index contributed by atoms with van der Waals surface area (Å²) in [5.74, 6) is -2.29. The molecule has 3 aliphatic rings. The number of fused-ring (bicyclic) bond motifs is 3. The number of carbonyl (C=O) groups excluding carboxylic acids is 2. The largest absolute Gasteiger partial charge is 0.480 e. The van der Waals surface area contributed by atoms with Crippen molar-refractivity contribution in [2.24, 2.45) is 5.92 Å². The number of hydrogen-bond donors (Lipinski definition) is 3. The molecule has 11 heteroatoms. The van der Waals surface area contributed by atoms with Gasteiger partial charge in [-0.1, -0.05) is 42.0 Å². The second-order valence-electron chi connectivity index (χ2n) is 10.9. The van der Waals surface area contributed by atoms with Gasteiger partial charge in [0.25, 0.3) is 5.91 Å². The summed E-state index contributed by atoms with van der Waals surface area (Å²) in [5, 5.41) is 15.4. The van der Waals surface area contributed by atoms with Crippen molar-refractivity contribution in [2.45, 2.75) is 62.0 Å². The van der Waals surface area contributed by atoms with Gasteiger partial charge in [0.15, 0.2) is 0 Å². The monoisotopic (exact) mass is 653 g/mol. The number of rotatable bonds is 9. The van der Waals surface area contributed by atoms with Gasteiger partial charge >= 0.3 is 5.97 Å². The fraction of sp³-hybridized carbons (Fsp3) is 0.323. The Balaban J connectivity index is 1.30. The van der Waals surface area contributed by atoms with Crippen LogP contribution >= 0.6 is 15.9 Å². The van der Waals surface area contributed by atoms with Crippen LogP contribution in [0.3, 0.4) is 0 Å². The smallest absolute Gasteiger partial charge is 0.326 e. The third-order valence-corrected chi connectivity index (χ3v) is 10.7. The minimum Gasteiger partial charge on any atom is -0.480 e. The molecule has 2 amide bonds. The number of sulfonamides is 1. The Morgan fingerprint density at radius 2 is 1.60 bits per heavy atom. The van der Waals surface area contributed by atoms with Gasteiger partial charge in [-0.2, -0.15) is 4.31 Å². The third kappa shape index (κ3) is 6.28. The number of aryl methyl sites for hydroxylation is 1. The molecule has 2 unspecified atom stereocenters. The Morgan fingerprint density at radius 1 is 0.952 bits per heavy atom. The normalized spacial score (nSPS) is 21.0. The lowest BCUT2D eigenvalue weighted by atomic mass is 9.76. The molecule has 0 aromatic heterocycles. The van der Waals surface area contributed by atoms with Crippen molar-refractivity contribution >= 4 is 49.4 Å². The van der Waals surface area contributed by atoms with E-state index >= 15 is 0 Å². The molecule has 2 aliphatic heterocycles. The first kappa shape index (κ1) is 29.9. The Hall–Kier alpha value is -3.54. The Labute approximate surface area is 253 Å². The van der Waals surface area contributed by atoms with E-state index in [-0.39, 0.29) is 29.2 Å². The van der Waals surface area contributed by atoms with Crippen LogP contribution in [0.1, 0.15) is 47.2 Å². The van der Waals surface area contributed by atoms with Crippen LogP contribution in [0.15, 0.2) is 82.2 Å². The first-order chi connectivity index (χ1) is 20.0. The van der Waals surface area contributed by atoms with Gasteiger partial charge in [-0.3, -0.25) is 9.59 Å². The van der Waals surface area contributed by atoms with Crippen molar-refractivity contribution in [3.8, 4) is 0 Å². The number of nitrogens with one attached hydrogen (secondary N) is 2. The fourth-order valence-electron chi connectivity index (χ4n) is 5.87. The topological polar surface area (TPSA) is 133 Å². The van der Waals surface area contributed by atoms with Crippen molar-refractivity contribution in [3.05, 3.63) is 94.0 Å². The van der Waals surface area contributed by atoms with E-state index in [2.05, 4.69) is 26.6 Å². The molecule has 2 saturated heterocycles. The van der Waals surface area contributed by atoms with Gasteiger partial charge in [-0.25, -0.2) is 13.2 Å². The van der Waals surface area contributed by atoms with Crippen molar-refractivity contribution in [3.63, 3.8) is 0 Å². The van der Waals surface area contributed by atoms with Gasteiger partial charge in [-0.15, -0.1) is 0 Å². The quantitative estimate of drug-likeness (QED) is 0.305. The van der Waals surface area contributed by atoms with Crippen LogP contribution in [0, 0.1) is 12.8 Å². The van der Waals surface area contributed by atoms with Crippen molar-refractivity contribution in [1.29, 1.82) is 0 Å². The first-order valence-corrected chi connectivity index (χ1v) is 16.1. The van der Waals surface area contributed by atoms with E-state index < -0.39 is 34.0 Å². The van der Waals surface area contributed by atoms with Crippen LogP contribution in [0.4, 0.5) is 5.69 Å². The SMILES string of the molecule is Cc1ccc(S(=O)(=O)N2C3CCC(CC3)C2C(=O)NC(Cc2ccc(NC(=O)c3ccccc3Br)cc2)C(=O)O)cc1. The zero-order valence-electron chi connectivity index (χ0n) is 23.0. The molecule has 3 N–H and O–H groups in total. The lowest BCUT2D eigenvalue weighted by molar-refractivity contribution is -0.143. The first-order valence-electron chi connectivity index (χ1n) is 13.8. The maximum absolute atomic E-state index is 13.7. The number of aliphatic carboxylic acids is 1. The molecule has 3 fully saturated rings. The Bertz CT molecular complexity index is 1590. The van der Waals surface area contributed by atoms with Crippen LogP contribution in [-0.2, 0) is 26.0 Å². The van der Waals surface area contributed by atoms with E-state index in [1.54, 1.807) is 66.7 Å². The molecule has 1 aliphatic carbocycles. The van der Waals surface area contributed by atoms with Gasteiger partial charge in [0.1, 0.15) is 12.1 Å². The fourth-order valence-corrected chi connectivity index (χ4v) is 8.23. The molecule has 220 valence electrons. The minimum atomic E-state index is -3.97. The highest BCUT2D eigenvalue weighted by Crippen LogP contribution is 2.42. The van der Waals surface area contributed by atoms with Crippen molar-refractivity contribution in [2.75, 3.05) is 5.32 Å². The number of carboxylic acid groups (broad SMARTS) is 1. The van der Waals surface area contributed by atoms with Crippen LogP contribution in [0.5, 0.6) is 0 Å².